The molecule has 0 spiro atoms. The minimum Gasteiger partial charge on any atom is -0.310 e. The van der Waals surface area contributed by atoms with Crippen LogP contribution in [-0.4, -0.2) is 0 Å². The molecule has 2 heteroatoms. The van der Waals surface area contributed by atoms with Crippen LogP contribution in [0.1, 0.15) is 0 Å². The summed E-state index contributed by atoms with van der Waals surface area (Å²) in [5.41, 5.74) is 13.8. The molecule has 0 unspecified atom stereocenters. The summed E-state index contributed by atoms with van der Waals surface area (Å²) in [5.74, 6) is 0. The highest BCUT2D eigenvalue weighted by atomic mass is 15.1. The van der Waals surface area contributed by atoms with Gasteiger partial charge in [0.05, 0.1) is 0 Å². The fraction of sp³-hybridized carbons (Fsp3) is 0. The van der Waals surface area contributed by atoms with Crippen LogP contribution in [0, 0.1) is 0 Å². The number of hydrogen-bond donors (Lipinski definition) is 0. The Morgan fingerprint density at radius 3 is 1.17 bits per heavy atom. The van der Waals surface area contributed by atoms with Crippen LogP contribution in [0.15, 0.2) is 231 Å². The van der Waals surface area contributed by atoms with Crippen molar-refractivity contribution in [3.05, 3.63) is 231 Å². The summed E-state index contributed by atoms with van der Waals surface area (Å²) in [5, 5.41) is 2.41. The lowest BCUT2D eigenvalue weighted by atomic mass is 9.96. The average molecular weight is 691 g/mol. The van der Waals surface area contributed by atoms with Gasteiger partial charge in [0, 0.05) is 34.1 Å². The SMILES string of the molecule is c1ccc(-c2cccc(N(c3ccccc3)c3ccc(-c4cc(N(c5ccccc5)c5cccc(-c6ccccc6)c5)cc5ccccc45)cc3)c2)cc1. The van der Waals surface area contributed by atoms with Crippen molar-refractivity contribution >= 4 is 44.9 Å². The molecule has 2 nitrogen and oxygen atoms in total. The Morgan fingerprint density at radius 2 is 0.630 bits per heavy atom. The van der Waals surface area contributed by atoms with Crippen molar-refractivity contribution in [1.82, 2.24) is 0 Å². The van der Waals surface area contributed by atoms with Gasteiger partial charge in [0.2, 0.25) is 0 Å². The zero-order chi connectivity index (χ0) is 36.1. The van der Waals surface area contributed by atoms with E-state index in [2.05, 4.69) is 240 Å². The number of fused-ring (bicyclic) bond motifs is 1. The summed E-state index contributed by atoms with van der Waals surface area (Å²) in [6.45, 7) is 0. The van der Waals surface area contributed by atoms with Gasteiger partial charge in [-0.05, 0) is 117 Å². The molecule has 0 bridgehead atoms. The van der Waals surface area contributed by atoms with Crippen LogP contribution in [0.2, 0.25) is 0 Å². The van der Waals surface area contributed by atoms with Crippen LogP contribution in [0.3, 0.4) is 0 Å². The molecule has 256 valence electrons. The van der Waals surface area contributed by atoms with E-state index in [0.29, 0.717) is 0 Å². The second-order valence-electron chi connectivity index (χ2n) is 13.4. The molecule has 0 N–H and O–H groups in total. The molecule has 9 rings (SSSR count). The van der Waals surface area contributed by atoms with Gasteiger partial charge in [0.1, 0.15) is 0 Å². The molecule has 0 amide bonds. The molecule has 0 radical (unpaired) electrons. The summed E-state index contributed by atoms with van der Waals surface area (Å²) >= 11 is 0. The zero-order valence-electron chi connectivity index (χ0n) is 29.8. The second kappa shape index (κ2) is 14.8. The van der Waals surface area contributed by atoms with Crippen LogP contribution in [0.25, 0.3) is 44.2 Å². The van der Waals surface area contributed by atoms with Crippen LogP contribution in [-0.2, 0) is 0 Å². The first-order valence-electron chi connectivity index (χ1n) is 18.4. The molecule has 0 heterocycles. The lowest BCUT2D eigenvalue weighted by Gasteiger charge is -2.27. The van der Waals surface area contributed by atoms with Gasteiger partial charge < -0.3 is 9.80 Å². The molecule has 0 fully saturated rings. The molecular formula is C52H38N2. The van der Waals surface area contributed by atoms with E-state index in [1.165, 1.54) is 38.6 Å². The largest absolute Gasteiger partial charge is 0.310 e. The number of nitrogens with zero attached hydrogens (tertiary/aromatic N) is 2. The number of benzene rings is 9. The van der Waals surface area contributed by atoms with Crippen molar-refractivity contribution in [3.63, 3.8) is 0 Å². The summed E-state index contributed by atoms with van der Waals surface area (Å²) in [4.78, 5) is 4.70. The lowest BCUT2D eigenvalue weighted by molar-refractivity contribution is 1.28. The normalized spacial score (nSPS) is 11.0. The Bertz CT molecular complexity index is 2640. The summed E-state index contributed by atoms with van der Waals surface area (Å²) in [6, 6.07) is 82.5. The van der Waals surface area contributed by atoms with Crippen molar-refractivity contribution in [3.8, 4) is 33.4 Å². The van der Waals surface area contributed by atoms with Gasteiger partial charge in [-0.15, -0.1) is 0 Å². The third kappa shape index (κ3) is 6.65. The molecule has 54 heavy (non-hydrogen) atoms. The van der Waals surface area contributed by atoms with E-state index in [-0.39, 0.29) is 0 Å². The highest BCUT2D eigenvalue weighted by molar-refractivity contribution is 6.01. The molecule has 0 atom stereocenters. The second-order valence-corrected chi connectivity index (χ2v) is 13.4. The molecule has 0 aliphatic carbocycles. The van der Waals surface area contributed by atoms with Crippen molar-refractivity contribution in [1.29, 1.82) is 0 Å². The van der Waals surface area contributed by atoms with Crippen molar-refractivity contribution in [2.75, 3.05) is 9.80 Å². The Labute approximate surface area is 317 Å². The third-order valence-electron chi connectivity index (χ3n) is 9.99. The van der Waals surface area contributed by atoms with Gasteiger partial charge in [-0.25, -0.2) is 0 Å². The third-order valence-corrected chi connectivity index (χ3v) is 9.99. The first-order chi connectivity index (χ1) is 26.8. The first kappa shape index (κ1) is 32.7. The maximum absolute atomic E-state index is 2.37. The highest BCUT2D eigenvalue weighted by Crippen LogP contribution is 2.42. The van der Waals surface area contributed by atoms with E-state index < -0.39 is 0 Å². The van der Waals surface area contributed by atoms with Crippen LogP contribution >= 0.6 is 0 Å². The lowest BCUT2D eigenvalue weighted by Crippen LogP contribution is -2.10. The topological polar surface area (TPSA) is 6.48 Å². The van der Waals surface area contributed by atoms with E-state index in [4.69, 9.17) is 0 Å². The average Bonchev–Trinajstić information content (AvgIpc) is 3.25. The number of para-hydroxylation sites is 2. The minimum atomic E-state index is 1.10. The summed E-state index contributed by atoms with van der Waals surface area (Å²) in [6.07, 6.45) is 0. The molecule has 0 aliphatic heterocycles. The molecule has 9 aromatic carbocycles. The van der Waals surface area contributed by atoms with E-state index in [9.17, 15) is 0 Å². The van der Waals surface area contributed by atoms with E-state index in [0.717, 1.165) is 39.7 Å². The molecule has 9 aromatic rings. The maximum atomic E-state index is 2.37. The van der Waals surface area contributed by atoms with E-state index >= 15 is 0 Å². The molecule has 0 saturated carbocycles. The van der Waals surface area contributed by atoms with Gasteiger partial charge in [-0.2, -0.15) is 0 Å². The zero-order valence-corrected chi connectivity index (χ0v) is 29.8. The molecule has 0 aromatic heterocycles. The highest BCUT2D eigenvalue weighted by Gasteiger charge is 2.18. The summed E-state index contributed by atoms with van der Waals surface area (Å²) < 4.78 is 0. The Morgan fingerprint density at radius 1 is 0.222 bits per heavy atom. The first-order valence-corrected chi connectivity index (χ1v) is 18.4. The van der Waals surface area contributed by atoms with Crippen LogP contribution in [0.4, 0.5) is 34.1 Å². The van der Waals surface area contributed by atoms with Crippen LogP contribution < -0.4 is 9.80 Å². The molecule has 0 saturated heterocycles. The Balaban J connectivity index is 1.15. The summed E-state index contributed by atoms with van der Waals surface area (Å²) in [7, 11) is 0. The van der Waals surface area contributed by atoms with E-state index in [1.54, 1.807) is 0 Å². The number of hydrogen-bond acceptors (Lipinski definition) is 2. The van der Waals surface area contributed by atoms with Gasteiger partial charge in [-0.3, -0.25) is 0 Å². The fourth-order valence-electron chi connectivity index (χ4n) is 7.41. The van der Waals surface area contributed by atoms with Crippen molar-refractivity contribution in [2.45, 2.75) is 0 Å². The van der Waals surface area contributed by atoms with Crippen molar-refractivity contribution in [2.24, 2.45) is 0 Å². The van der Waals surface area contributed by atoms with E-state index in [1.807, 2.05) is 0 Å². The van der Waals surface area contributed by atoms with Gasteiger partial charge in [-0.1, -0.05) is 158 Å². The van der Waals surface area contributed by atoms with Crippen molar-refractivity contribution < 1.29 is 0 Å². The maximum Gasteiger partial charge on any atom is 0.0474 e. The quantitative estimate of drug-likeness (QED) is 0.149. The van der Waals surface area contributed by atoms with Gasteiger partial charge in [0.25, 0.3) is 0 Å². The Kier molecular flexibility index (Phi) is 8.99. The number of anilines is 6. The monoisotopic (exact) mass is 690 g/mol. The van der Waals surface area contributed by atoms with Gasteiger partial charge >= 0.3 is 0 Å². The Hall–Kier alpha value is -7.16. The van der Waals surface area contributed by atoms with Crippen LogP contribution in [0.5, 0.6) is 0 Å². The van der Waals surface area contributed by atoms with Gasteiger partial charge in [0.15, 0.2) is 0 Å². The molecular weight excluding hydrogens is 653 g/mol. The smallest absolute Gasteiger partial charge is 0.0474 e. The predicted molar refractivity (Wildman–Crippen MR) is 230 cm³/mol. The number of rotatable bonds is 9. The predicted octanol–water partition coefficient (Wildman–Crippen LogP) is 14.8. The minimum absolute atomic E-state index is 1.10. The standard InChI is InChI=1S/C52H38N2/c1-5-17-39(18-6-1)42-22-15-28-48(35-42)53(45-24-9-3-10-25-45)47-33-31-41(32-34-47)52-38-50(37-44-21-13-14-30-51(44)52)54(46-26-11-4-12-27-46)49-29-16-23-43(36-49)40-19-7-2-8-20-40/h1-38H. The fourth-order valence-corrected chi connectivity index (χ4v) is 7.41. The molecule has 0 aliphatic rings.